The highest BCUT2D eigenvalue weighted by atomic mass is 16.2. The Morgan fingerprint density at radius 1 is 1.08 bits per heavy atom. The number of hydrogen-bond donors (Lipinski definition) is 0. The first-order valence-electron chi connectivity index (χ1n) is 9.65. The molecule has 26 heavy (non-hydrogen) atoms. The molecule has 0 N–H and O–H groups in total. The summed E-state index contributed by atoms with van der Waals surface area (Å²) in [6, 6.07) is 10.5. The number of carbonyl (C=O) groups is 1. The lowest BCUT2D eigenvalue weighted by molar-refractivity contribution is 0.0696. The molecule has 5 heteroatoms. The summed E-state index contributed by atoms with van der Waals surface area (Å²) in [5.74, 6) is 0.841. The minimum Gasteiger partial charge on any atom is -0.334 e. The summed E-state index contributed by atoms with van der Waals surface area (Å²) in [5.41, 5.74) is 1.69. The molecule has 3 heterocycles. The van der Waals surface area contributed by atoms with Gasteiger partial charge in [-0.05, 0) is 57.4 Å². The number of likely N-dealkylation sites (tertiary alicyclic amines) is 2. The molecule has 2 saturated heterocycles. The Bertz CT molecular complexity index is 746. The molecule has 2 unspecified atom stereocenters. The van der Waals surface area contributed by atoms with Crippen molar-refractivity contribution in [2.75, 3.05) is 19.6 Å². The molecule has 5 nitrogen and oxygen atoms in total. The highest BCUT2D eigenvalue weighted by Crippen LogP contribution is 2.25. The molecule has 2 aliphatic rings. The van der Waals surface area contributed by atoms with Crippen molar-refractivity contribution in [2.24, 2.45) is 0 Å². The van der Waals surface area contributed by atoms with Crippen LogP contribution in [0.3, 0.4) is 0 Å². The fraction of sp³-hybridized carbons (Fsp3) is 0.476. The van der Waals surface area contributed by atoms with Crippen LogP contribution in [0.2, 0.25) is 0 Å². The van der Waals surface area contributed by atoms with E-state index in [0.29, 0.717) is 17.9 Å². The number of nitrogens with zero attached hydrogens (tertiary/aromatic N) is 4. The maximum absolute atomic E-state index is 13.0. The van der Waals surface area contributed by atoms with Gasteiger partial charge in [-0.1, -0.05) is 12.1 Å². The Labute approximate surface area is 155 Å². The van der Waals surface area contributed by atoms with Crippen molar-refractivity contribution in [2.45, 2.75) is 44.7 Å². The van der Waals surface area contributed by atoms with Crippen LogP contribution in [-0.2, 0) is 0 Å². The first kappa shape index (κ1) is 17.2. The first-order chi connectivity index (χ1) is 12.7. The van der Waals surface area contributed by atoms with E-state index in [1.807, 2.05) is 24.3 Å². The van der Waals surface area contributed by atoms with Crippen molar-refractivity contribution in [1.82, 2.24) is 19.8 Å². The van der Waals surface area contributed by atoms with Crippen LogP contribution < -0.4 is 0 Å². The predicted octanol–water partition coefficient (Wildman–Crippen LogP) is 3.23. The highest BCUT2D eigenvalue weighted by Gasteiger charge is 2.32. The van der Waals surface area contributed by atoms with Gasteiger partial charge in [0, 0.05) is 48.7 Å². The zero-order valence-electron chi connectivity index (χ0n) is 15.3. The molecule has 136 valence electrons. The van der Waals surface area contributed by atoms with Crippen molar-refractivity contribution in [1.29, 1.82) is 0 Å². The third kappa shape index (κ3) is 3.49. The minimum atomic E-state index is 0.153. The van der Waals surface area contributed by atoms with E-state index in [2.05, 4.69) is 26.7 Å². The quantitative estimate of drug-likeness (QED) is 0.849. The third-order valence-electron chi connectivity index (χ3n) is 5.73. The van der Waals surface area contributed by atoms with Crippen LogP contribution in [0.25, 0.3) is 11.4 Å². The molecule has 1 amide bonds. The molecule has 2 fully saturated rings. The van der Waals surface area contributed by atoms with Gasteiger partial charge in [0.2, 0.25) is 0 Å². The minimum absolute atomic E-state index is 0.153. The summed E-state index contributed by atoms with van der Waals surface area (Å²) in [4.78, 5) is 26.2. The maximum atomic E-state index is 13.0. The van der Waals surface area contributed by atoms with E-state index < -0.39 is 0 Å². The summed E-state index contributed by atoms with van der Waals surface area (Å²) in [6.07, 6.45) is 8.25. The van der Waals surface area contributed by atoms with E-state index in [9.17, 15) is 4.79 Å². The largest absolute Gasteiger partial charge is 0.334 e. The van der Waals surface area contributed by atoms with Crippen LogP contribution in [0.1, 0.15) is 43.0 Å². The maximum Gasteiger partial charge on any atom is 0.254 e. The SMILES string of the molecule is CC1CCCN1CC1CCCN1C(=O)c1ccc(-c2ncccn2)cc1. The summed E-state index contributed by atoms with van der Waals surface area (Å²) in [6.45, 7) is 5.36. The second-order valence-corrected chi connectivity index (χ2v) is 7.43. The van der Waals surface area contributed by atoms with Gasteiger partial charge < -0.3 is 4.90 Å². The Balaban J connectivity index is 1.46. The van der Waals surface area contributed by atoms with E-state index in [0.717, 1.165) is 37.1 Å². The number of carbonyl (C=O) groups excluding carboxylic acids is 1. The number of aromatic nitrogens is 2. The van der Waals surface area contributed by atoms with Gasteiger partial charge in [0.1, 0.15) is 0 Å². The van der Waals surface area contributed by atoms with Crippen molar-refractivity contribution >= 4 is 5.91 Å². The van der Waals surface area contributed by atoms with Crippen molar-refractivity contribution in [3.8, 4) is 11.4 Å². The van der Waals surface area contributed by atoms with Crippen molar-refractivity contribution in [3.63, 3.8) is 0 Å². The number of rotatable bonds is 4. The van der Waals surface area contributed by atoms with E-state index in [-0.39, 0.29) is 5.91 Å². The molecule has 0 saturated carbocycles. The summed E-state index contributed by atoms with van der Waals surface area (Å²) < 4.78 is 0. The average molecular weight is 350 g/mol. The van der Waals surface area contributed by atoms with Gasteiger partial charge in [-0.3, -0.25) is 9.69 Å². The summed E-state index contributed by atoms with van der Waals surface area (Å²) in [7, 11) is 0. The molecular weight excluding hydrogens is 324 g/mol. The lowest BCUT2D eigenvalue weighted by Gasteiger charge is -2.30. The molecule has 4 rings (SSSR count). The number of hydrogen-bond acceptors (Lipinski definition) is 4. The smallest absolute Gasteiger partial charge is 0.254 e. The van der Waals surface area contributed by atoms with Gasteiger partial charge in [-0.2, -0.15) is 0 Å². The van der Waals surface area contributed by atoms with Crippen LogP contribution in [0, 0.1) is 0 Å². The second kappa shape index (κ2) is 7.54. The third-order valence-corrected chi connectivity index (χ3v) is 5.73. The van der Waals surface area contributed by atoms with E-state index in [1.165, 1.54) is 19.4 Å². The normalized spacial score (nSPS) is 23.5. The van der Waals surface area contributed by atoms with E-state index in [4.69, 9.17) is 0 Å². The molecule has 2 aromatic rings. The Hall–Kier alpha value is -2.27. The zero-order chi connectivity index (χ0) is 17.9. The Kier molecular flexibility index (Phi) is 4.98. The van der Waals surface area contributed by atoms with Gasteiger partial charge in [-0.25, -0.2) is 9.97 Å². The molecule has 2 atom stereocenters. The van der Waals surface area contributed by atoms with Gasteiger partial charge in [0.05, 0.1) is 0 Å². The molecule has 1 aromatic heterocycles. The van der Waals surface area contributed by atoms with Crippen LogP contribution in [0.15, 0.2) is 42.7 Å². The molecule has 0 spiro atoms. The Morgan fingerprint density at radius 2 is 1.81 bits per heavy atom. The van der Waals surface area contributed by atoms with Crippen LogP contribution in [0.4, 0.5) is 0 Å². The predicted molar refractivity (Wildman–Crippen MR) is 102 cm³/mol. The zero-order valence-corrected chi connectivity index (χ0v) is 15.3. The fourth-order valence-electron chi connectivity index (χ4n) is 4.20. The fourth-order valence-corrected chi connectivity index (χ4v) is 4.20. The number of benzene rings is 1. The standard InChI is InChI=1S/C21H26N4O/c1-16-5-2-13-24(16)15-19-6-3-14-25(19)21(26)18-9-7-17(8-10-18)20-22-11-4-12-23-20/h4,7-12,16,19H,2-3,5-6,13-15H2,1H3. The molecular formula is C21H26N4O. The van der Waals surface area contributed by atoms with E-state index in [1.54, 1.807) is 18.5 Å². The first-order valence-corrected chi connectivity index (χ1v) is 9.65. The highest BCUT2D eigenvalue weighted by molar-refractivity contribution is 5.95. The van der Waals surface area contributed by atoms with Gasteiger partial charge in [0.25, 0.3) is 5.91 Å². The lowest BCUT2D eigenvalue weighted by atomic mass is 10.1. The lowest BCUT2D eigenvalue weighted by Crippen LogP contribution is -2.44. The molecule has 2 aliphatic heterocycles. The van der Waals surface area contributed by atoms with Gasteiger partial charge in [0.15, 0.2) is 5.82 Å². The van der Waals surface area contributed by atoms with Gasteiger partial charge in [-0.15, -0.1) is 0 Å². The van der Waals surface area contributed by atoms with Crippen LogP contribution >= 0.6 is 0 Å². The van der Waals surface area contributed by atoms with Crippen LogP contribution in [0.5, 0.6) is 0 Å². The van der Waals surface area contributed by atoms with E-state index >= 15 is 0 Å². The van der Waals surface area contributed by atoms with Crippen molar-refractivity contribution < 1.29 is 4.79 Å². The Morgan fingerprint density at radius 3 is 2.50 bits per heavy atom. The average Bonchev–Trinajstić information content (AvgIpc) is 3.32. The topological polar surface area (TPSA) is 49.3 Å². The molecule has 0 aliphatic carbocycles. The summed E-state index contributed by atoms with van der Waals surface area (Å²) >= 11 is 0. The van der Waals surface area contributed by atoms with Crippen LogP contribution in [-0.4, -0.2) is 57.4 Å². The van der Waals surface area contributed by atoms with Crippen molar-refractivity contribution in [3.05, 3.63) is 48.3 Å². The number of amides is 1. The molecule has 1 aromatic carbocycles. The second-order valence-electron chi connectivity index (χ2n) is 7.43. The van der Waals surface area contributed by atoms with Gasteiger partial charge >= 0.3 is 0 Å². The monoisotopic (exact) mass is 350 g/mol. The molecule has 0 bridgehead atoms. The molecule has 0 radical (unpaired) electrons. The summed E-state index contributed by atoms with van der Waals surface area (Å²) in [5, 5.41) is 0.